The molecule has 4 aromatic rings. The molecule has 2 amide bonds. The van der Waals surface area contributed by atoms with E-state index >= 15 is 0 Å². The highest BCUT2D eigenvalue weighted by molar-refractivity contribution is 8.19. The molecule has 2 heterocycles. The fraction of sp³-hybridized carbons (Fsp3) is 0.0769. The van der Waals surface area contributed by atoms with E-state index in [0.717, 1.165) is 28.2 Å². The van der Waals surface area contributed by atoms with Gasteiger partial charge in [-0.15, -0.1) is 0 Å². The Hall–Kier alpha value is -3.84. The van der Waals surface area contributed by atoms with Gasteiger partial charge < -0.3 is 9.30 Å². The summed E-state index contributed by atoms with van der Waals surface area (Å²) in [6, 6.07) is 23.0. The number of para-hydroxylation sites is 3. The number of imide groups is 1. The van der Waals surface area contributed by atoms with E-state index in [0.29, 0.717) is 17.1 Å². The Morgan fingerprint density at radius 2 is 1.64 bits per heavy atom. The monoisotopic (exact) mass is 458 g/mol. The number of fused-ring (bicyclic) bond motifs is 1. The zero-order valence-corrected chi connectivity index (χ0v) is 18.3. The summed E-state index contributed by atoms with van der Waals surface area (Å²) in [6.07, 6.45) is 3.68. The van der Waals surface area contributed by atoms with Crippen molar-refractivity contribution in [2.24, 2.45) is 0 Å². The number of amides is 2. The number of benzene rings is 3. The van der Waals surface area contributed by atoms with Crippen molar-refractivity contribution in [1.82, 2.24) is 4.57 Å². The topological polar surface area (TPSA) is 51.5 Å². The first-order valence-electron chi connectivity index (χ1n) is 10.4. The molecule has 33 heavy (non-hydrogen) atoms. The maximum Gasteiger partial charge on any atom is 0.298 e. The van der Waals surface area contributed by atoms with Crippen molar-refractivity contribution in [1.29, 1.82) is 0 Å². The van der Waals surface area contributed by atoms with Crippen molar-refractivity contribution in [3.63, 3.8) is 0 Å². The van der Waals surface area contributed by atoms with Crippen LogP contribution in [0.15, 0.2) is 90.0 Å². The molecule has 0 bridgehead atoms. The number of anilines is 1. The van der Waals surface area contributed by atoms with Gasteiger partial charge in [0.05, 0.1) is 17.1 Å². The van der Waals surface area contributed by atoms with Crippen molar-refractivity contribution in [3.8, 4) is 5.75 Å². The second kappa shape index (κ2) is 8.96. The zero-order valence-electron chi connectivity index (χ0n) is 17.5. The summed E-state index contributed by atoms with van der Waals surface area (Å²) >= 11 is 0.929. The van der Waals surface area contributed by atoms with Crippen LogP contribution in [-0.2, 0) is 11.3 Å². The summed E-state index contributed by atoms with van der Waals surface area (Å²) < 4.78 is 21.4. The fourth-order valence-electron chi connectivity index (χ4n) is 3.80. The molecule has 0 radical (unpaired) electrons. The summed E-state index contributed by atoms with van der Waals surface area (Å²) in [5.41, 5.74) is 2.34. The molecule has 0 aliphatic carbocycles. The average Bonchev–Trinajstić information content (AvgIpc) is 3.32. The molecular formula is C26H19FN2O3S. The third kappa shape index (κ3) is 4.15. The minimum atomic E-state index is -0.398. The highest BCUT2D eigenvalue weighted by atomic mass is 32.2. The van der Waals surface area contributed by atoms with E-state index in [9.17, 15) is 14.0 Å². The lowest BCUT2D eigenvalue weighted by Gasteiger charge is -2.11. The summed E-state index contributed by atoms with van der Waals surface area (Å²) in [4.78, 5) is 27.1. The van der Waals surface area contributed by atoms with Gasteiger partial charge in [-0.3, -0.25) is 9.59 Å². The van der Waals surface area contributed by atoms with Crippen LogP contribution in [0.25, 0.3) is 17.0 Å². The number of ether oxygens (including phenoxy) is 1. The van der Waals surface area contributed by atoms with Gasteiger partial charge in [-0.05, 0) is 48.2 Å². The van der Waals surface area contributed by atoms with Gasteiger partial charge in [0, 0.05) is 22.7 Å². The fourth-order valence-corrected chi connectivity index (χ4v) is 4.63. The van der Waals surface area contributed by atoms with E-state index in [-0.39, 0.29) is 23.5 Å². The Balaban J connectivity index is 1.41. The number of hydrogen-bond donors (Lipinski definition) is 0. The van der Waals surface area contributed by atoms with E-state index in [1.165, 1.54) is 11.0 Å². The highest BCUT2D eigenvalue weighted by Gasteiger charge is 2.36. The molecule has 3 aromatic carbocycles. The Morgan fingerprint density at radius 3 is 2.45 bits per heavy atom. The standard InChI is InChI=1S/C26H19FN2O3S/c27-21-11-5-7-13-23(21)32-15-14-28-17-18(20-10-4-6-12-22(20)28)16-24-25(30)29(26(31)33-24)19-8-2-1-3-9-19/h1-13,16-17H,14-15H2/b24-16-. The van der Waals surface area contributed by atoms with E-state index in [1.807, 2.05) is 41.1 Å². The second-order valence-corrected chi connectivity index (χ2v) is 8.42. The summed E-state index contributed by atoms with van der Waals surface area (Å²) in [5.74, 6) is -0.524. The van der Waals surface area contributed by atoms with Gasteiger partial charge in [0.25, 0.3) is 11.1 Å². The zero-order chi connectivity index (χ0) is 22.8. The molecule has 164 valence electrons. The predicted octanol–water partition coefficient (Wildman–Crippen LogP) is 6.10. The maximum absolute atomic E-state index is 13.8. The first-order valence-corrected chi connectivity index (χ1v) is 11.2. The van der Waals surface area contributed by atoms with Gasteiger partial charge in [-0.25, -0.2) is 9.29 Å². The Labute approximate surface area is 194 Å². The van der Waals surface area contributed by atoms with Gasteiger partial charge in [-0.1, -0.05) is 48.5 Å². The van der Waals surface area contributed by atoms with Gasteiger partial charge in [-0.2, -0.15) is 0 Å². The molecule has 5 nitrogen and oxygen atoms in total. The molecule has 0 unspecified atom stereocenters. The summed E-state index contributed by atoms with van der Waals surface area (Å²) in [6.45, 7) is 0.776. The summed E-state index contributed by atoms with van der Waals surface area (Å²) in [7, 11) is 0. The Kier molecular flexibility index (Phi) is 5.71. The van der Waals surface area contributed by atoms with Crippen LogP contribution in [-0.4, -0.2) is 22.3 Å². The van der Waals surface area contributed by atoms with Crippen molar-refractivity contribution < 1.29 is 18.7 Å². The van der Waals surface area contributed by atoms with Gasteiger partial charge in [0.1, 0.15) is 6.61 Å². The number of carbonyl (C=O) groups is 2. The van der Waals surface area contributed by atoms with E-state index in [2.05, 4.69) is 0 Å². The van der Waals surface area contributed by atoms with Gasteiger partial charge in [0.15, 0.2) is 11.6 Å². The number of nitrogens with zero attached hydrogens (tertiary/aromatic N) is 2. The van der Waals surface area contributed by atoms with Crippen molar-refractivity contribution in [2.75, 3.05) is 11.5 Å². The third-order valence-electron chi connectivity index (χ3n) is 5.34. The van der Waals surface area contributed by atoms with Crippen LogP contribution in [0.1, 0.15) is 5.56 Å². The lowest BCUT2D eigenvalue weighted by Crippen LogP contribution is -2.27. The van der Waals surface area contributed by atoms with Crippen LogP contribution >= 0.6 is 11.8 Å². The van der Waals surface area contributed by atoms with Crippen LogP contribution in [0.3, 0.4) is 0 Å². The Bertz CT molecular complexity index is 1380. The SMILES string of the molecule is O=C1S/C(=C\c2cn(CCOc3ccccc3F)c3ccccc23)C(=O)N1c1ccccc1. The summed E-state index contributed by atoms with van der Waals surface area (Å²) in [5, 5.41) is 0.634. The molecule has 0 saturated carbocycles. The largest absolute Gasteiger partial charge is 0.489 e. The molecule has 7 heteroatoms. The molecule has 1 saturated heterocycles. The van der Waals surface area contributed by atoms with Crippen LogP contribution in [0, 0.1) is 5.82 Å². The minimum Gasteiger partial charge on any atom is -0.489 e. The number of hydrogen-bond acceptors (Lipinski definition) is 4. The van der Waals surface area contributed by atoms with Crippen LogP contribution in [0.4, 0.5) is 14.9 Å². The van der Waals surface area contributed by atoms with Crippen molar-refractivity contribution in [3.05, 3.63) is 101 Å². The number of aromatic nitrogens is 1. The highest BCUT2D eigenvalue weighted by Crippen LogP contribution is 2.36. The number of thioether (sulfide) groups is 1. The van der Waals surface area contributed by atoms with E-state index < -0.39 is 5.82 Å². The normalized spacial score (nSPS) is 15.1. The van der Waals surface area contributed by atoms with E-state index in [1.54, 1.807) is 48.5 Å². The van der Waals surface area contributed by atoms with Crippen molar-refractivity contribution in [2.45, 2.75) is 6.54 Å². The lowest BCUT2D eigenvalue weighted by atomic mass is 10.1. The second-order valence-electron chi connectivity index (χ2n) is 7.43. The van der Waals surface area contributed by atoms with Gasteiger partial charge in [0.2, 0.25) is 0 Å². The van der Waals surface area contributed by atoms with Crippen LogP contribution < -0.4 is 9.64 Å². The Morgan fingerprint density at radius 1 is 0.909 bits per heavy atom. The smallest absolute Gasteiger partial charge is 0.298 e. The first-order chi connectivity index (χ1) is 16.1. The molecule has 0 spiro atoms. The number of rotatable bonds is 6. The minimum absolute atomic E-state index is 0.212. The molecule has 1 aromatic heterocycles. The van der Waals surface area contributed by atoms with E-state index in [4.69, 9.17) is 4.74 Å². The molecule has 1 aliphatic rings. The maximum atomic E-state index is 13.8. The van der Waals surface area contributed by atoms with Crippen LogP contribution in [0.2, 0.25) is 0 Å². The molecule has 0 atom stereocenters. The molecule has 5 rings (SSSR count). The lowest BCUT2D eigenvalue weighted by molar-refractivity contribution is -0.113. The first kappa shape index (κ1) is 21.0. The predicted molar refractivity (Wildman–Crippen MR) is 129 cm³/mol. The molecule has 0 N–H and O–H groups in total. The number of carbonyl (C=O) groups excluding carboxylic acids is 2. The number of halogens is 1. The molecule has 1 fully saturated rings. The third-order valence-corrected chi connectivity index (χ3v) is 6.21. The van der Waals surface area contributed by atoms with Crippen LogP contribution in [0.5, 0.6) is 5.75 Å². The average molecular weight is 459 g/mol. The molecule has 1 aliphatic heterocycles. The molecular weight excluding hydrogens is 439 g/mol. The van der Waals surface area contributed by atoms with Gasteiger partial charge >= 0.3 is 0 Å². The quantitative estimate of drug-likeness (QED) is 0.328. The van der Waals surface area contributed by atoms with Crippen molar-refractivity contribution >= 4 is 45.6 Å².